The summed E-state index contributed by atoms with van der Waals surface area (Å²) >= 11 is 3.17. The highest BCUT2D eigenvalue weighted by Crippen LogP contribution is 2.53. The van der Waals surface area contributed by atoms with E-state index in [2.05, 4.69) is 37.2 Å². The lowest BCUT2D eigenvalue weighted by molar-refractivity contribution is -0.129. The fraction of sp³-hybridized carbons (Fsp3) is 0.567. The first-order chi connectivity index (χ1) is 20.5. The Balaban J connectivity index is 1.25. The number of nitrogens with one attached hydrogen (secondary N) is 4. The van der Waals surface area contributed by atoms with E-state index in [9.17, 15) is 29.1 Å². The molecule has 5 N–H and O–H groups in total. The monoisotopic (exact) mass is 659 g/mol. The van der Waals surface area contributed by atoms with Gasteiger partial charge in [-0.3, -0.25) is 24.0 Å². The summed E-state index contributed by atoms with van der Waals surface area (Å²) in [5, 5.41) is 20.8. The van der Waals surface area contributed by atoms with Crippen LogP contribution in [0, 0.1) is 30.6 Å². The largest absolute Gasteiger partial charge is 0.444 e. The van der Waals surface area contributed by atoms with Crippen molar-refractivity contribution < 1.29 is 28.7 Å². The Morgan fingerprint density at radius 3 is 2.35 bits per heavy atom. The standard InChI is InChI=1S/C30H38BrN5O7/c1-15-8-23(31)43-26(15)29(41)33-20(5-6-22(37)28(40)32-2)27(39)34-21-4-3-7-36(30(21)42)14-24(38)35-25-18-10-16-9-17(12-18)13-19(25)11-16/h3-4,7-8,16-20,22,25,37H,5-6,9-14H2,1-2H3,(H,32,40)(H,33,41)(H,34,39)(H,35,38)/t16?,17?,18?,19?,20-,22?,25?/m0/s1. The molecular weight excluding hydrogens is 622 g/mol. The van der Waals surface area contributed by atoms with Gasteiger partial charge in [-0.1, -0.05) is 0 Å². The van der Waals surface area contributed by atoms with Crippen LogP contribution in [0.15, 0.2) is 38.3 Å². The van der Waals surface area contributed by atoms with Gasteiger partial charge < -0.3 is 35.4 Å². The number of anilines is 1. The van der Waals surface area contributed by atoms with Gasteiger partial charge in [0, 0.05) is 24.8 Å². The Labute approximate surface area is 257 Å². The van der Waals surface area contributed by atoms with Gasteiger partial charge in [-0.15, -0.1) is 0 Å². The van der Waals surface area contributed by atoms with Crippen molar-refractivity contribution in [2.75, 3.05) is 12.4 Å². The van der Waals surface area contributed by atoms with Crippen molar-refractivity contribution in [1.29, 1.82) is 0 Å². The van der Waals surface area contributed by atoms with E-state index in [1.54, 1.807) is 19.1 Å². The SMILES string of the molecule is CNC(=O)C(O)CC[C@H](NC(=O)c1oc(Br)cc1C)C(=O)Nc1cccn(CC(=O)NC2C3CC4CC(C3)CC2C4)c1=O. The lowest BCUT2D eigenvalue weighted by atomic mass is 9.54. The molecule has 0 saturated heterocycles. The van der Waals surface area contributed by atoms with Gasteiger partial charge in [0.1, 0.15) is 24.4 Å². The molecular formula is C30H38BrN5O7. The number of likely N-dealkylation sites (N-methyl/N-ethyl adjacent to an activating group) is 1. The van der Waals surface area contributed by atoms with E-state index in [-0.39, 0.29) is 42.8 Å². The van der Waals surface area contributed by atoms with Gasteiger partial charge in [-0.2, -0.15) is 0 Å². The molecule has 6 rings (SSSR count). The van der Waals surface area contributed by atoms with E-state index in [1.807, 2.05) is 0 Å². The molecule has 0 aliphatic heterocycles. The van der Waals surface area contributed by atoms with Crippen LogP contribution < -0.4 is 26.8 Å². The Kier molecular flexibility index (Phi) is 9.40. The maximum Gasteiger partial charge on any atom is 0.287 e. The van der Waals surface area contributed by atoms with Crippen molar-refractivity contribution >= 4 is 45.2 Å². The minimum Gasteiger partial charge on any atom is -0.444 e. The molecule has 4 bridgehead atoms. The summed E-state index contributed by atoms with van der Waals surface area (Å²) in [6.07, 6.45) is 5.81. The van der Waals surface area contributed by atoms with Crippen molar-refractivity contribution in [2.45, 2.75) is 76.6 Å². The quantitative estimate of drug-likeness (QED) is 0.246. The summed E-state index contributed by atoms with van der Waals surface area (Å²) < 4.78 is 6.96. The van der Waals surface area contributed by atoms with Crippen molar-refractivity contribution in [3.63, 3.8) is 0 Å². The van der Waals surface area contributed by atoms with Crippen LogP contribution in [0.3, 0.4) is 0 Å². The molecule has 0 radical (unpaired) electrons. The molecule has 0 aromatic carbocycles. The zero-order chi connectivity index (χ0) is 30.8. The zero-order valence-electron chi connectivity index (χ0n) is 24.2. The van der Waals surface area contributed by atoms with Gasteiger partial charge in [-0.25, -0.2) is 0 Å². The Hall–Kier alpha value is -3.45. The molecule has 2 atom stereocenters. The van der Waals surface area contributed by atoms with Crippen LogP contribution in [-0.2, 0) is 20.9 Å². The Morgan fingerprint density at radius 1 is 1.07 bits per heavy atom. The third-order valence-electron chi connectivity index (χ3n) is 9.14. The number of aryl methyl sites for hydroxylation is 1. The van der Waals surface area contributed by atoms with Crippen molar-refractivity contribution in [1.82, 2.24) is 20.5 Å². The van der Waals surface area contributed by atoms with Crippen LogP contribution in [0.25, 0.3) is 0 Å². The second-order valence-corrected chi connectivity index (χ2v) is 12.9. The first-order valence-electron chi connectivity index (χ1n) is 14.8. The molecule has 4 amide bonds. The average Bonchev–Trinajstić information content (AvgIpc) is 3.31. The first-order valence-corrected chi connectivity index (χ1v) is 15.6. The van der Waals surface area contributed by atoms with E-state index in [1.165, 1.54) is 30.3 Å². The minimum absolute atomic E-state index is 0.0104. The van der Waals surface area contributed by atoms with E-state index in [0.29, 0.717) is 22.1 Å². The van der Waals surface area contributed by atoms with Crippen molar-refractivity contribution in [3.8, 4) is 0 Å². The van der Waals surface area contributed by atoms with Crippen molar-refractivity contribution in [2.24, 2.45) is 23.7 Å². The van der Waals surface area contributed by atoms with Gasteiger partial charge >= 0.3 is 0 Å². The molecule has 1 unspecified atom stereocenters. The molecule has 4 aliphatic rings. The number of rotatable bonds is 11. The third-order valence-corrected chi connectivity index (χ3v) is 9.53. The minimum atomic E-state index is -1.40. The fourth-order valence-corrected chi connectivity index (χ4v) is 7.81. The van der Waals surface area contributed by atoms with Gasteiger partial charge in [0.15, 0.2) is 10.4 Å². The van der Waals surface area contributed by atoms with Gasteiger partial charge in [-0.05, 0) is 110 Å². The Bertz CT molecular complexity index is 1420. The van der Waals surface area contributed by atoms with Crippen LogP contribution in [-0.4, -0.2) is 58.5 Å². The van der Waals surface area contributed by atoms with Crippen LogP contribution in [0.2, 0.25) is 0 Å². The first kappa shape index (κ1) is 31.0. The van der Waals surface area contributed by atoms with Crippen molar-refractivity contribution in [3.05, 3.63) is 50.7 Å². The maximum absolute atomic E-state index is 13.3. The number of furan rings is 1. The second-order valence-electron chi connectivity index (χ2n) is 12.2. The number of pyridine rings is 1. The number of halogens is 1. The van der Waals surface area contributed by atoms with E-state index < -0.39 is 35.4 Å². The molecule has 0 spiro atoms. The fourth-order valence-electron chi connectivity index (χ4n) is 7.31. The number of hydrogen-bond acceptors (Lipinski definition) is 7. The topological polar surface area (TPSA) is 172 Å². The van der Waals surface area contributed by atoms with Gasteiger partial charge in [0.25, 0.3) is 11.5 Å². The molecule has 12 nitrogen and oxygen atoms in total. The van der Waals surface area contributed by atoms with Gasteiger partial charge in [0.05, 0.1) is 0 Å². The smallest absolute Gasteiger partial charge is 0.287 e. The number of nitrogens with zero attached hydrogens (tertiary/aromatic N) is 1. The van der Waals surface area contributed by atoms with Crippen LogP contribution in [0.1, 0.15) is 61.1 Å². The highest BCUT2D eigenvalue weighted by Gasteiger charge is 2.48. The van der Waals surface area contributed by atoms with Crippen LogP contribution in [0.5, 0.6) is 0 Å². The lowest BCUT2D eigenvalue weighted by Gasteiger charge is -2.54. The van der Waals surface area contributed by atoms with E-state index in [0.717, 1.165) is 37.5 Å². The number of carbonyl (C=O) groups is 4. The maximum atomic E-state index is 13.3. The Morgan fingerprint density at radius 2 is 1.74 bits per heavy atom. The van der Waals surface area contributed by atoms with Crippen LogP contribution in [0.4, 0.5) is 5.69 Å². The predicted molar refractivity (Wildman–Crippen MR) is 160 cm³/mol. The molecule has 13 heteroatoms. The highest BCUT2D eigenvalue weighted by molar-refractivity contribution is 9.10. The summed E-state index contributed by atoms with van der Waals surface area (Å²) in [5.74, 6) is 0.284. The number of aromatic nitrogens is 1. The number of aliphatic hydroxyl groups excluding tert-OH is 1. The summed E-state index contributed by atoms with van der Waals surface area (Å²) in [5.41, 5.74) is -0.109. The summed E-state index contributed by atoms with van der Waals surface area (Å²) in [6, 6.07) is 3.50. The number of aliphatic hydroxyl groups is 1. The molecule has 232 valence electrons. The second kappa shape index (κ2) is 13.0. The normalized spacial score (nSPS) is 25.1. The molecule has 43 heavy (non-hydrogen) atoms. The summed E-state index contributed by atoms with van der Waals surface area (Å²) in [6.45, 7) is 1.48. The zero-order valence-corrected chi connectivity index (χ0v) is 25.8. The molecule has 2 aromatic rings. The highest BCUT2D eigenvalue weighted by atomic mass is 79.9. The third kappa shape index (κ3) is 7.04. The molecule has 4 aliphatic carbocycles. The number of amides is 4. The lowest BCUT2D eigenvalue weighted by Crippen LogP contribution is -2.56. The molecule has 2 heterocycles. The van der Waals surface area contributed by atoms with Crippen LogP contribution >= 0.6 is 15.9 Å². The number of carbonyl (C=O) groups excluding carboxylic acids is 4. The molecule has 4 fully saturated rings. The van der Waals surface area contributed by atoms with E-state index in [4.69, 9.17) is 4.42 Å². The molecule has 2 aromatic heterocycles. The summed E-state index contributed by atoms with van der Waals surface area (Å²) in [4.78, 5) is 64.3. The molecule has 4 saturated carbocycles. The predicted octanol–water partition coefficient (Wildman–Crippen LogP) is 2.08. The average molecular weight is 661 g/mol. The van der Waals surface area contributed by atoms with Gasteiger partial charge in [0.2, 0.25) is 17.7 Å². The number of hydrogen-bond donors (Lipinski definition) is 5. The van der Waals surface area contributed by atoms with E-state index >= 15 is 0 Å². The summed E-state index contributed by atoms with van der Waals surface area (Å²) in [7, 11) is 1.37.